The van der Waals surface area contributed by atoms with Gasteiger partial charge in [-0.15, -0.1) is 0 Å². The first kappa shape index (κ1) is 25.2. The normalized spacial score (nSPS) is 22.1. The first-order valence-corrected chi connectivity index (χ1v) is 12.7. The van der Waals surface area contributed by atoms with E-state index in [9.17, 15) is 9.59 Å². The summed E-state index contributed by atoms with van der Waals surface area (Å²) in [5, 5.41) is 0.542. The Bertz CT molecular complexity index is 1140. The van der Waals surface area contributed by atoms with Crippen LogP contribution in [0.3, 0.4) is 0 Å². The largest absolute Gasteiger partial charge is 0.461 e. The van der Waals surface area contributed by atoms with Crippen LogP contribution in [0.15, 0.2) is 84.9 Å². The SMILES string of the molecule is C[C@@H]1CC[C@@H](C(C)(C)c2ccccc2)[C@H](OC(=O)[C@](C=O)(c2ccccc2)c2ccc(Cl)cc2)C1. The van der Waals surface area contributed by atoms with E-state index in [4.69, 9.17) is 16.3 Å². The Balaban J connectivity index is 1.74. The molecule has 0 aliphatic heterocycles. The third-order valence-electron chi connectivity index (χ3n) is 7.78. The molecule has 3 nitrogen and oxygen atoms in total. The summed E-state index contributed by atoms with van der Waals surface area (Å²) in [7, 11) is 0. The van der Waals surface area contributed by atoms with Gasteiger partial charge in [0, 0.05) is 10.9 Å². The molecule has 4 heteroatoms. The van der Waals surface area contributed by atoms with E-state index >= 15 is 0 Å². The van der Waals surface area contributed by atoms with Gasteiger partial charge in [0.05, 0.1) is 0 Å². The topological polar surface area (TPSA) is 43.4 Å². The molecule has 0 unspecified atom stereocenters. The molecule has 4 atom stereocenters. The Labute approximate surface area is 213 Å². The van der Waals surface area contributed by atoms with Crippen LogP contribution in [-0.2, 0) is 25.2 Å². The van der Waals surface area contributed by atoms with Crippen molar-refractivity contribution in [2.45, 2.75) is 57.0 Å². The molecule has 4 rings (SSSR count). The van der Waals surface area contributed by atoms with Gasteiger partial charge in [0.2, 0.25) is 0 Å². The Morgan fingerprint density at radius 2 is 1.40 bits per heavy atom. The highest BCUT2D eigenvalue weighted by molar-refractivity contribution is 6.30. The summed E-state index contributed by atoms with van der Waals surface area (Å²) >= 11 is 6.13. The lowest BCUT2D eigenvalue weighted by Crippen LogP contribution is -2.48. The van der Waals surface area contributed by atoms with Crippen LogP contribution in [0.25, 0.3) is 0 Å². The smallest absolute Gasteiger partial charge is 0.328 e. The molecule has 0 saturated heterocycles. The molecule has 35 heavy (non-hydrogen) atoms. The van der Waals surface area contributed by atoms with Crippen LogP contribution in [-0.4, -0.2) is 18.4 Å². The zero-order valence-electron chi connectivity index (χ0n) is 20.6. The molecule has 3 aromatic carbocycles. The third kappa shape index (κ3) is 4.92. The lowest BCUT2D eigenvalue weighted by Gasteiger charge is -2.44. The maximum atomic E-state index is 14.1. The van der Waals surface area contributed by atoms with Crippen LogP contribution in [0.4, 0.5) is 0 Å². The van der Waals surface area contributed by atoms with E-state index in [1.54, 1.807) is 36.4 Å². The number of benzene rings is 3. The van der Waals surface area contributed by atoms with Gasteiger partial charge in [-0.1, -0.05) is 112 Å². The van der Waals surface area contributed by atoms with Crippen LogP contribution in [0.1, 0.15) is 56.7 Å². The molecule has 1 aliphatic rings. The van der Waals surface area contributed by atoms with Crippen molar-refractivity contribution in [2.24, 2.45) is 11.8 Å². The van der Waals surface area contributed by atoms with Crippen LogP contribution < -0.4 is 0 Å². The van der Waals surface area contributed by atoms with Gasteiger partial charge in [0.25, 0.3) is 0 Å². The second-order valence-corrected chi connectivity index (χ2v) is 10.8. The number of hydrogen-bond donors (Lipinski definition) is 0. The van der Waals surface area contributed by atoms with Crippen molar-refractivity contribution in [2.75, 3.05) is 0 Å². The van der Waals surface area contributed by atoms with E-state index in [-0.39, 0.29) is 17.4 Å². The van der Waals surface area contributed by atoms with E-state index in [1.807, 2.05) is 24.3 Å². The van der Waals surface area contributed by atoms with Crippen LogP contribution in [0.5, 0.6) is 0 Å². The maximum Gasteiger partial charge on any atom is 0.328 e. The van der Waals surface area contributed by atoms with Gasteiger partial charge >= 0.3 is 5.97 Å². The lowest BCUT2D eigenvalue weighted by atomic mass is 9.64. The minimum atomic E-state index is -1.56. The molecule has 3 aromatic rings. The van der Waals surface area contributed by atoms with Crippen LogP contribution >= 0.6 is 11.6 Å². The highest BCUT2D eigenvalue weighted by Crippen LogP contribution is 2.45. The maximum absolute atomic E-state index is 14.1. The van der Waals surface area contributed by atoms with Crippen molar-refractivity contribution in [3.05, 3.63) is 107 Å². The van der Waals surface area contributed by atoms with Gasteiger partial charge in [0.1, 0.15) is 12.4 Å². The van der Waals surface area contributed by atoms with Crippen molar-refractivity contribution < 1.29 is 14.3 Å². The molecule has 0 aromatic heterocycles. The first-order valence-electron chi connectivity index (χ1n) is 12.3. The first-order chi connectivity index (χ1) is 16.8. The average molecular weight is 489 g/mol. The minimum Gasteiger partial charge on any atom is -0.461 e. The molecule has 0 radical (unpaired) electrons. The Morgan fingerprint density at radius 3 is 1.97 bits per heavy atom. The van der Waals surface area contributed by atoms with E-state index in [0.29, 0.717) is 22.1 Å². The molecule has 0 heterocycles. The summed E-state index contributed by atoms with van der Waals surface area (Å²) in [5.74, 6) is 0.0397. The summed E-state index contributed by atoms with van der Waals surface area (Å²) in [6, 6.07) is 26.4. The summed E-state index contributed by atoms with van der Waals surface area (Å²) in [6.07, 6.45) is 3.25. The zero-order chi connectivity index (χ0) is 25.1. The number of carbonyl (C=O) groups excluding carboxylic acids is 2. The zero-order valence-corrected chi connectivity index (χ0v) is 21.4. The van der Waals surface area contributed by atoms with Gasteiger partial charge in [-0.2, -0.15) is 0 Å². The van der Waals surface area contributed by atoms with E-state index in [1.165, 1.54) is 5.56 Å². The van der Waals surface area contributed by atoms with Gasteiger partial charge in [-0.3, -0.25) is 4.79 Å². The molecule has 0 N–H and O–H groups in total. The van der Waals surface area contributed by atoms with Crippen LogP contribution in [0.2, 0.25) is 5.02 Å². The van der Waals surface area contributed by atoms with E-state index in [2.05, 4.69) is 45.0 Å². The van der Waals surface area contributed by atoms with Crippen LogP contribution in [0, 0.1) is 11.8 Å². The van der Waals surface area contributed by atoms with E-state index < -0.39 is 11.4 Å². The predicted molar refractivity (Wildman–Crippen MR) is 141 cm³/mol. The number of aldehydes is 1. The van der Waals surface area contributed by atoms with Crippen molar-refractivity contribution in [1.29, 1.82) is 0 Å². The fraction of sp³-hybridized carbons (Fsp3) is 0.355. The Kier molecular flexibility index (Phi) is 7.47. The summed E-state index contributed by atoms with van der Waals surface area (Å²) in [5.41, 5.74) is 0.612. The molecule has 0 bridgehead atoms. The molecular weight excluding hydrogens is 456 g/mol. The quantitative estimate of drug-likeness (QED) is 0.201. The average Bonchev–Trinajstić information content (AvgIpc) is 2.87. The highest BCUT2D eigenvalue weighted by Gasteiger charge is 2.48. The third-order valence-corrected chi connectivity index (χ3v) is 8.04. The standard InChI is InChI=1S/C31H33ClO3/c1-22-14-19-27(30(2,3)23-10-6-4-7-11-23)28(20-22)35-29(34)31(21-33,24-12-8-5-9-13-24)25-15-17-26(32)18-16-25/h4-13,15-18,21-22,27-28H,14,19-20H2,1-3H3/t22-,27-,28-,31-/m1/s1. The number of rotatable bonds is 7. The summed E-state index contributed by atoms with van der Waals surface area (Å²) in [6.45, 7) is 6.66. The van der Waals surface area contributed by atoms with Crippen molar-refractivity contribution in [1.82, 2.24) is 0 Å². The number of hydrogen-bond acceptors (Lipinski definition) is 3. The Hall–Kier alpha value is -2.91. The monoisotopic (exact) mass is 488 g/mol. The number of ether oxygens (including phenoxy) is 1. The van der Waals surface area contributed by atoms with E-state index in [0.717, 1.165) is 25.5 Å². The second kappa shape index (κ2) is 10.4. The van der Waals surface area contributed by atoms with Gasteiger partial charge in [-0.25, -0.2) is 0 Å². The van der Waals surface area contributed by atoms with Crippen molar-refractivity contribution >= 4 is 23.9 Å². The minimum absolute atomic E-state index is 0.135. The van der Waals surface area contributed by atoms with Crippen molar-refractivity contribution in [3.63, 3.8) is 0 Å². The fourth-order valence-electron chi connectivity index (χ4n) is 5.60. The molecule has 182 valence electrons. The lowest BCUT2D eigenvalue weighted by molar-refractivity contribution is -0.162. The van der Waals surface area contributed by atoms with Crippen molar-refractivity contribution in [3.8, 4) is 0 Å². The summed E-state index contributed by atoms with van der Waals surface area (Å²) in [4.78, 5) is 26.9. The van der Waals surface area contributed by atoms with Gasteiger partial charge < -0.3 is 9.53 Å². The number of halogens is 1. The molecule has 0 spiro atoms. The molecule has 0 amide bonds. The second-order valence-electron chi connectivity index (χ2n) is 10.4. The molecule has 1 saturated carbocycles. The molecule has 1 aliphatic carbocycles. The number of esters is 1. The molecular formula is C31H33ClO3. The number of carbonyl (C=O) groups is 2. The fourth-order valence-corrected chi connectivity index (χ4v) is 5.72. The van der Waals surface area contributed by atoms with Gasteiger partial charge in [-0.05, 0) is 53.0 Å². The Morgan fingerprint density at radius 1 is 0.857 bits per heavy atom. The molecule has 1 fully saturated rings. The van der Waals surface area contributed by atoms with Gasteiger partial charge in [0.15, 0.2) is 5.41 Å². The highest BCUT2D eigenvalue weighted by atomic mass is 35.5. The predicted octanol–water partition coefficient (Wildman–Crippen LogP) is 7.15. The summed E-state index contributed by atoms with van der Waals surface area (Å²) < 4.78 is 6.37.